The zero-order valence-electron chi connectivity index (χ0n) is 46.4. The first kappa shape index (κ1) is 61.9. The van der Waals surface area contributed by atoms with Crippen molar-refractivity contribution in [1.82, 2.24) is 41.8 Å². The van der Waals surface area contributed by atoms with Gasteiger partial charge in [-0.1, -0.05) is 74.9 Å². The van der Waals surface area contributed by atoms with Crippen molar-refractivity contribution in [2.75, 3.05) is 25.0 Å². The number of nitrogens with zero attached hydrogens (tertiary/aromatic N) is 3. The molecule has 7 N–H and O–H groups in total. The van der Waals surface area contributed by atoms with E-state index < -0.39 is 89.9 Å². The largest absolute Gasteiger partial charge is 0.445 e. The fourth-order valence-corrected chi connectivity index (χ4v) is 9.13. The van der Waals surface area contributed by atoms with E-state index in [9.17, 15) is 48.3 Å². The van der Waals surface area contributed by atoms with E-state index >= 15 is 0 Å². The maximum Gasteiger partial charge on any atom is 0.407 e. The third-order valence-corrected chi connectivity index (χ3v) is 14.0. The molecule has 0 bridgehead atoms. The molecule has 0 aliphatic carbocycles. The molecule has 4 aliphatic rings. The summed E-state index contributed by atoms with van der Waals surface area (Å²) in [5.41, 5.74) is 1.14. The maximum absolute atomic E-state index is 13.1. The highest BCUT2D eigenvalue weighted by molar-refractivity contribution is 6.02. The summed E-state index contributed by atoms with van der Waals surface area (Å²) in [4.78, 5) is 121. The molecule has 0 unspecified atom stereocenters. The number of alkyl carbamates (subject to hydrolysis) is 1. The van der Waals surface area contributed by atoms with E-state index in [2.05, 4.69) is 55.0 Å². The Hall–Kier alpha value is -7.35. The summed E-state index contributed by atoms with van der Waals surface area (Å²) < 4.78 is 28.6. The lowest BCUT2D eigenvalue weighted by Gasteiger charge is -2.39. The number of carbonyl (C=O) groups is 9. The number of hydroxylamine groups is 2. The van der Waals surface area contributed by atoms with Crippen LogP contribution in [0.1, 0.15) is 123 Å². The average molecular weight is 1120 g/mol. The quantitative estimate of drug-likeness (QED) is 0.0247. The average Bonchev–Trinajstić information content (AvgIpc) is 4.13. The highest BCUT2D eigenvalue weighted by atomic mass is 16.7. The molecule has 80 heavy (non-hydrogen) atoms. The number of aromatic nitrogens is 2. The fraction of sp³-hybridized carbons (Fsp3) is 0.582. The summed E-state index contributed by atoms with van der Waals surface area (Å²) >= 11 is 0. The van der Waals surface area contributed by atoms with Crippen LogP contribution in [0.5, 0.6) is 0 Å². The molecule has 1 spiro atoms. The molecule has 25 heteroatoms. The Balaban J connectivity index is 0.840. The van der Waals surface area contributed by atoms with Gasteiger partial charge in [-0.05, 0) is 69.2 Å². The smallest absolute Gasteiger partial charge is 0.407 e. The monoisotopic (exact) mass is 1120 g/mol. The van der Waals surface area contributed by atoms with Crippen LogP contribution in [0, 0.1) is 18.8 Å². The fourth-order valence-electron chi connectivity index (χ4n) is 9.13. The molecule has 8 amide bonds. The van der Waals surface area contributed by atoms with Crippen molar-refractivity contribution < 1.29 is 76.6 Å². The van der Waals surface area contributed by atoms with E-state index in [1.807, 2.05) is 26.8 Å². The minimum Gasteiger partial charge on any atom is -0.445 e. The minimum absolute atomic E-state index is 0.00980. The van der Waals surface area contributed by atoms with Gasteiger partial charge in [-0.25, -0.2) is 9.59 Å². The van der Waals surface area contributed by atoms with Gasteiger partial charge >= 0.3 is 12.1 Å². The zero-order valence-corrected chi connectivity index (χ0v) is 46.4. The third kappa shape index (κ3) is 18.4. The van der Waals surface area contributed by atoms with E-state index in [-0.39, 0.29) is 87.3 Å². The van der Waals surface area contributed by atoms with E-state index in [4.69, 9.17) is 28.3 Å². The predicted octanol–water partition coefficient (Wildman–Crippen LogP) is 2.92. The Morgan fingerprint density at radius 2 is 1.61 bits per heavy atom. The number of imide groups is 1. The summed E-state index contributed by atoms with van der Waals surface area (Å²) in [6, 6.07) is 4.20. The van der Waals surface area contributed by atoms with Crippen molar-refractivity contribution in [1.29, 1.82) is 0 Å². The van der Waals surface area contributed by atoms with Crippen molar-refractivity contribution in [2.24, 2.45) is 11.8 Å². The SMILES string of the molecule is CC(/C=C/[C@H]1O[C@H](CC(=O)NCCNC(=O)OCc2ccc(NC(=O)[C@H](C)NC(=O)[C@@H](NC(=O)CCC(=O)ON3C(=O)CCC3=O)C(C)C)cc2)C[C@@]2(CO2)[C@@H]1O)=C\C[C@@H]1O[C@H](C)[C@H](NC(=O)/C=C\[C@H](C)c2noc(C)n2)C[C@@H]1C. The van der Waals surface area contributed by atoms with Crippen LogP contribution >= 0.6 is 0 Å². The van der Waals surface area contributed by atoms with Crippen molar-refractivity contribution in [2.45, 2.75) is 174 Å². The number of anilines is 1. The number of hydrogen-bond donors (Lipinski definition) is 7. The molecule has 5 heterocycles. The molecular weight excluding hydrogens is 1040 g/mol. The molecule has 1 aromatic carbocycles. The van der Waals surface area contributed by atoms with Gasteiger partial charge in [0, 0.05) is 57.3 Å². The molecule has 4 aliphatic heterocycles. The molecular formula is C55H75N9O16. The van der Waals surface area contributed by atoms with Gasteiger partial charge in [0.2, 0.25) is 35.4 Å². The molecule has 0 saturated carbocycles. The van der Waals surface area contributed by atoms with E-state index in [0.29, 0.717) is 47.5 Å². The molecule has 11 atom stereocenters. The Bertz CT molecular complexity index is 2630. The molecule has 2 aromatic rings. The highest BCUT2D eigenvalue weighted by Crippen LogP contribution is 2.43. The van der Waals surface area contributed by atoms with E-state index in [1.54, 1.807) is 57.2 Å². The normalized spacial score (nSPS) is 25.0. The summed E-state index contributed by atoms with van der Waals surface area (Å²) in [5, 5.41) is 31.7. The summed E-state index contributed by atoms with van der Waals surface area (Å²) in [7, 11) is 0. The van der Waals surface area contributed by atoms with Gasteiger partial charge in [0.25, 0.3) is 11.8 Å². The summed E-state index contributed by atoms with van der Waals surface area (Å²) in [6.07, 6.45) is 6.56. The van der Waals surface area contributed by atoms with Crippen LogP contribution in [0.15, 0.2) is 64.7 Å². The van der Waals surface area contributed by atoms with Crippen LogP contribution in [0.2, 0.25) is 0 Å². The number of aliphatic hydroxyl groups is 1. The van der Waals surface area contributed by atoms with Gasteiger partial charge in [-0.15, -0.1) is 5.06 Å². The Morgan fingerprint density at radius 3 is 2.27 bits per heavy atom. The number of amides is 8. The van der Waals surface area contributed by atoms with Gasteiger partial charge in [0.15, 0.2) is 5.82 Å². The lowest BCUT2D eigenvalue weighted by molar-refractivity contribution is -0.197. The van der Waals surface area contributed by atoms with Crippen molar-refractivity contribution in [3.8, 4) is 0 Å². The molecule has 1 aromatic heterocycles. The van der Waals surface area contributed by atoms with Gasteiger partial charge in [0.1, 0.15) is 36.5 Å². The van der Waals surface area contributed by atoms with E-state index in [0.717, 1.165) is 12.0 Å². The number of carbonyl (C=O) groups excluding carboxylic acids is 9. The summed E-state index contributed by atoms with van der Waals surface area (Å²) in [5.74, 6) is -4.09. The van der Waals surface area contributed by atoms with Crippen LogP contribution in [-0.4, -0.2) is 148 Å². The standard InChI is InChI=1S/C55H75N9O16/c1-30(2)49(62-44(66)19-22-48(70)80-64-46(68)20-21-47(64)69)53(73)58-34(6)52(72)60-38-14-12-37(13-15-38)28-75-54(74)57-24-23-56-45(67)26-39-27-55(29-76-55)50(71)42(78-39)17-10-31(3)9-16-41-33(5)25-40(35(7)77-41)61-43(65)18-11-32(4)51-59-36(8)79-63-51/h9-15,17-18,30,32-35,39-42,49-50,71H,16,19-29H2,1-8H3,(H,56,67)(H,57,74)(H,58,73)(H,60,72)(H,61,65)(H,62,66)/b17-10+,18-11-,31-9+/t32-,33-,34-,35+,39+,40+,41-,42+,49-,50+,55+/m0/s1. The lowest BCUT2D eigenvalue weighted by Crippen LogP contribution is -2.53. The highest BCUT2D eigenvalue weighted by Gasteiger charge is 2.58. The second kappa shape index (κ2) is 28.7. The van der Waals surface area contributed by atoms with Gasteiger partial charge in [0.05, 0.1) is 43.8 Å². The Labute approximate surface area is 464 Å². The Kier molecular flexibility index (Phi) is 22.2. The second-order valence-electron chi connectivity index (χ2n) is 21.1. The molecule has 0 radical (unpaired) electrons. The number of rotatable bonds is 25. The Morgan fingerprint density at radius 1 is 0.912 bits per heavy atom. The van der Waals surface area contributed by atoms with Gasteiger partial charge < -0.3 is 65.3 Å². The number of benzene rings is 1. The summed E-state index contributed by atoms with van der Waals surface area (Å²) in [6.45, 7) is 14.9. The van der Waals surface area contributed by atoms with Crippen molar-refractivity contribution >= 4 is 59.1 Å². The number of epoxide rings is 1. The maximum atomic E-state index is 13.1. The zero-order chi connectivity index (χ0) is 58.3. The lowest BCUT2D eigenvalue weighted by atomic mass is 9.87. The van der Waals surface area contributed by atoms with Crippen LogP contribution in [-0.2, 0) is 68.7 Å². The first-order valence-corrected chi connectivity index (χ1v) is 27.0. The van der Waals surface area contributed by atoms with E-state index in [1.165, 1.54) is 13.0 Å². The predicted molar refractivity (Wildman–Crippen MR) is 284 cm³/mol. The topological polar surface area (TPSA) is 338 Å². The van der Waals surface area contributed by atoms with Crippen molar-refractivity contribution in [3.63, 3.8) is 0 Å². The number of aryl methyl sites for hydroxylation is 1. The number of aliphatic hydroxyl groups excluding tert-OH is 1. The van der Waals surface area contributed by atoms with Crippen LogP contribution in [0.25, 0.3) is 0 Å². The molecule has 4 fully saturated rings. The third-order valence-electron chi connectivity index (χ3n) is 14.0. The van der Waals surface area contributed by atoms with Gasteiger partial charge in [-0.2, -0.15) is 4.98 Å². The number of hydrogen-bond acceptors (Lipinski definition) is 18. The van der Waals surface area contributed by atoms with Gasteiger partial charge in [-0.3, -0.25) is 33.6 Å². The minimum atomic E-state index is -1.05. The molecule has 6 rings (SSSR count). The number of ether oxygens (including phenoxy) is 4. The van der Waals surface area contributed by atoms with Crippen molar-refractivity contribution in [3.05, 3.63) is 77.5 Å². The molecule has 4 saturated heterocycles. The van der Waals surface area contributed by atoms with Crippen LogP contribution < -0.4 is 31.9 Å². The van der Waals surface area contributed by atoms with Crippen LogP contribution in [0.3, 0.4) is 0 Å². The number of nitrogens with one attached hydrogen (secondary N) is 6. The molecule has 436 valence electrons. The second-order valence-corrected chi connectivity index (χ2v) is 21.1. The first-order valence-electron chi connectivity index (χ1n) is 27.0. The molecule has 25 nitrogen and oxygen atoms in total. The van der Waals surface area contributed by atoms with Crippen LogP contribution in [0.4, 0.5) is 10.5 Å². The number of allylic oxidation sites excluding steroid dienone is 3. The first-order chi connectivity index (χ1) is 38.0.